The molecule has 1 aromatic rings. The predicted molar refractivity (Wildman–Crippen MR) is 76.7 cm³/mol. The highest BCUT2D eigenvalue weighted by atomic mass is 79.9. The van der Waals surface area contributed by atoms with Crippen LogP contribution in [-0.2, 0) is 10.2 Å². The third-order valence-corrected chi connectivity index (χ3v) is 5.01. The summed E-state index contributed by atoms with van der Waals surface area (Å²) in [5.74, 6) is 0. The van der Waals surface area contributed by atoms with Crippen LogP contribution in [0.5, 0.6) is 0 Å². The Morgan fingerprint density at radius 2 is 1.78 bits per heavy atom. The zero-order valence-electron chi connectivity index (χ0n) is 10.1. The standard InChI is InChI=1S/C12H17BrN2O2S/c13-11-6-5-7-12(10-11)14-18(16,17)15-8-3-1-2-4-9-15/h5-7,10,14H,1-4,8-9H2. The summed E-state index contributed by atoms with van der Waals surface area (Å²) in [7, 11) is -3.41. The molecular weight excluding hydrogens is 316 g/mol. The lowest BCUT2D eigenvalue weighted by Crippen LogP contribution is -2.36. The van der Waals surface area contributed by atoms with Crippen molar-refractivity contribution in [3.63, 3.8) is 0 Å². The lowest BCUT2D eigenvalue weighted by Gasteiger charge is -2.20. The predicted octanol–water partition coefficient (Wildman–Crippen LogP) is 2.98. The Morgan fingerprint density at radius 1 is 1.11 bits per heavy atom. The Bertz CT molecular complexity index is 497. The molecule has 0 saturated carbocycles. The second kappa shape index (κ2) is 6.04. The molecule has 6 heteroatoms. The molecule has 0 unspecified atom stereocenters. The highest BCUT2D eigenvalue weighted by molar-refractivity contribution is 9.10. The quantitative estimate of drug-likeness (QED) is 0.924. The molecule has 0 bridgehead atoms. The van der Waals surface area contributed by atoms with E-state index in [0.29, 0.717) is 18.8 Å². The lowest BCUT2D eigenvalue weighted by molar-refractivity contribution is 0.427. The van der Waals surface area contributed by atoms with E-state index in [1.807, 2.05) is 12.1 Å². The Balaban J connectivity index is 2.10. The van der Waals surface area contributed by atoms with Gasteiger partial charge in [-0.05, 0) is 31.0 Å². The van der Waals surface area contributed by atoms with E-state index >= 15 is 0 Å². The molecule has 0 spiro atoms. The normalized spacial score (nSPS) is 18.3. The van der Waals surface area contributed by atoms with Crippen molar-refractivity contribution in [1.82, 2.24) is 4.31 Å². The van der Waals surface area contributed by atoms with Gasteiger partial charge in [-0.15, -0.1) is 0 Å². The number of nitrogens with one attached hydrogen (secondary N) is 1. The zero-order chi connectivity index (χ0) is 13.0. The van der Waals surface area contributed by atoms with Crippen molar-refractivity contribution in [2.75, 3.05) is 17.8 Å². The monoisotopic (exact) mass is 332 g/mol. The van der Waals surface area contributed by atoms with Crippen molar-refractivity contribution in [1.29, 1.82) is 0 Å². The summed E-state index contributed by atoms with van der Waals surface area (Å²) in [5.41, 5.74) is 0.591. The van der Waals surface area contributed by atoms with Gasteiger partial charge in [0.15, 0.2) is 0 Å². The maximum absolute atomic E-state index is 12.2. The molecule has 1 aromatic carbocycles. The first-order valence-electron chi connectivity index (χ1n) is 6.11. The van der Waals surface area contributed by atoms with Crippen LogP contribution in [0.15, 0.2) is 28.7 Å². The van der Waals surface area contributed by atoms with Gasteiger partial charge in [-0.1, -0.05) is 34.8 Å². The number of benzene rings is 1. The first-order chi connectivity index (χ1) is 8.58. The molecule has 0 amide bonds. The second-order valence-electron chi connectivity index (χ2n) is 4.43. The average molecular weight is 333 g/mol. The van der Waals surface area contributed by atoms with E-state index in [1.165, 1.54) is 0 Å². The van der Waals surface area contributed by atoms with Gasteiger partial charge in [-0.2, -0.15) is 12.7 Å². The minimum Gasteiger partial charge on any atom is -0.271 e. The summed E-state index contributed by atoms with van der Waals surface area (Å²) in [6.07, 6.45) is 4.12. The molecule has 100 valence electrons. The van der Waals surface area contributed by atoms with E-state index in [1.54, 1.807) is 16.4 Å². The van der Waals surface area contributed by atoms with Gasteiger partial charge < -0.3 is 0 Å². The smallest absolute Gasteiger partial charge is 0.271 e. The molecule has 4 nitrogen and oxygen atoms in total. The number of nitrogens with zero attached hydrogens (tertiary/aromatic N) is 1. The van der Waals surface area contributed by atoms with E-state index in [9.17, 15) is 8.42 Å². The van der Waals surface area contributed by atoms with E-state index in [0.717, 1.165) is 30.2 Å². The van der Waals surface area contributed by atoms with Gasteiger partial charge in [-0.25, -0.2) is 0 Å². The van der Waals surface area contributed by atoms with Gasteiger partial charge >= 0.3 is 10.2 Å². The minimum atomic E-state index is -3.41. The molecule has 0 aromatic heterocycles. The molecule has 0 aliphatic carbocycles. The van der Waals surface area contributed by atoms with Gasteiger partial charge in [0, 0.05) is 17.6 Å². The van der Waals surface area contributed by atoms with Gasteiger partial charge in [0.05, 0.1) is 5.69 Å². The molecule has 18 heavy (non-hydrogen) atoms. The molecular formula is C12H17BrN2O2S. The maximum Gasteiger partial charge on any atom is 0.301 e. The number of rotatable bonds is 3. The van der Waals surface area contributed by atoms with Gasteiger partial charge in [-0.3, -0.25) is 4.72 Å². The number of halogens is 1. The lowest BCUT2D eigenvalue weighted by atomic mass is 10.2. The number of hydrogen-bond acceptors (Lipinski definition) is 2. The molecule has 0 radical (unpaired) electrons. The van der Waals surface area contributed by atoms with Crippen LogP contribution in [0.4, 0.5) is 5.69 Å². The third-order valence-electron chi connectivity index (χ3n) is 2.98. The van der Waals surface area contributed by atoms with Crippen LogP contribution >= 0.6 is 15.9 Å². The zero-order valence-corrected chi connectivity index (χ0v) is 12.5. The average Bonchev–Trinajstić information content (AvgIpc) is 2.57. The molecule has 1 N–H and O–H groups in total. The van der Waals surface area contributed by atoms with E-state index in [4.69, 9.17) is 0 Å². The minimum absolute atomic E-state index is 0.591. The highest BCUT2D eigenvalue weighted by Crippen LogP contribution is 2.19. The Morgan fingerprint density at radius 3 is 2.39 bits per heavy atom. The summed E-state index contributed by atoms with van der Waals surface area (Å²) < 4.78 is 29.5. The fourth-order valence-electron chi connectivity index (χ4n) is 2.05. The van der Waals surface area contributed by atoms with E-state index in [2.05, 4.69) is 20.7 Å². The van der Waals surface area contributed by atoms with E-state index < -0.39 is 10.2 Å². The number of hydrogen-bond donors (Lipinski definition) is 1. The fourth-order valence-corrected chi connectivity index (χ4v) is 3.74. The summed E-state index contributed by atoms with van der Waals surface area (Å²) in [6, 6.07) is 7.18. The fraction of sp³-hybridized carbons (Fsp3) is 0.500. The van der Waals surface area contributed by atoms with Gasteiger partial charge in [0.25, 0.3) is 0 Å². The van der Waals surface area contributed by atoms with Crippen molar-refractivity contribution in [2.45, 2.75) is 25.7 Å². The first kappa shape index (κ1) is 13.8. The van der Waals surface area contributed by atoms with Gasteiger partial charge in [0.1, 0.15) is 0 Å². The molecule has 1 aliphatic heterocycles. The van der Waals surface area contributed by atoms with Crippen molar-refractivity contribution in [3.05, 3.63) is 28.7 Å². The molecule has 1 aliphatic rings. The first-order valence-corrected chi connectivity index (χ1v) is 8.35. The highest BCUT2D eigenvalue weighted by Gasteiger charge is 2.22. The van der Waals surface area contributed by atoms with Gasteiger partial charge in [0.2, 0.25) is 0 Å². The van der Waals surface area contributed by atoms with Crippen LogP contribution < -0.4 is 4.72 Å². The van der Waals surface area contributed by atoms with Crippen molar-refractivity contribution < 1.29 is 8.42 Å². The topological polar surface area (TPSA) is 49.4 Å². The summed E-state index contributed by atoms with van der Waals surface area (Å²) in [5, 5.41) is 0. The molecule has 1 saturated heterocycles. The van der Waals surface area contributed by atoms with Crippen LogP contribution in [0.2, 0.25) is 0 Å². The van der Waals surface area contributed by atoms with Crippen LogP contribution in [0.1, 0.15) is 25.7 Å². The van der Waals surface area contributed by atoms with Crippen LogP contribution in [0.3, 0.4) is 0 Å². The van der Waals surface area contributed by atoms with Crippen molar-refractivity contribution in [3.8, 4) is 0 Å². The van der Waals surface area contributed by atoms with Crippen LogP contribution in [0.25, 0.3) is 0 Å². The van der Waals surface area contributed by atoms with Crippen LogP contribution in [-0.4, -0.2) is 25.8 Å². The molecule has 1 fully saturated rings. The molecule has 0 atom stereocenters. The van der Waals surface area contributed by atoms with E-state index in [-0.39, 0.29) is 0 Å². The molecule has 1 heterocycles. The summed E-state index contributed by atoms with van der Waals surface area (Å²) in [6.45, 7) is 1.23. The largest absolute Gasteiger partial charge is 0.301 e. The number of anilines is 1. The second-order valence-corrected chi connectivity index (χ2v) is 7.02. The Hall–Kier alpha value is -0.590. The summed E-state index contributed by atoms with van der Waals surface area (Å²) in [4.78, 5) is 0. The Kier molecular flexibility index (Phi) is 4.64. The Labute approximate surface area is 117 Å². The molecule has 2 rings (SSSR count). The SMILES string of the molecule is O=S(=O)(Nc1cccc(Br)c1)N1CCCCCC1. The summed E-state index contributed by atoms with van der Waals surface area (Å²) >= 11 is 3.33. The van der Waals surface area contributed by atoms with Crippen molar-refractivity contribution in [2.24, 2.45) is 0 Å². The van der Waals surface area contributed by atoms with Crippen molar-refractivity contribution >= 4 is 31.8 Å². The maximum atomic E-state index is 12.2. The van der Waals surface area contributed by atoms with Crippen LogP contribution in [0, 0.1) is 0 Å². The third kappa shape index (κ3) is 3.70.